The molecule has 0 aliphatic heterocycles. The lowest BCUT2D eigenvalue weighted by Gasteiger charge is -2.22. The molecule has 0 heterocycles. The highest BCUT2D eigenvalue weighted by atomic mass is 28.4. The molecule has 0 atom stereocenters. The van der Waals surface area contributed by atoms with Crippen LogP contribution in [0.15, 0.2) is 48.5 Å². The van der Waals surface area contributed by atoms with Gasteiger partial charge in [0.25, 0.3) is 0 Å². The molecule has 2 rings (SSSR count). The number of aromatic carboxylic acids is 1. The standard InChI is InChI=1S/C16H18O3Si/c1-20(2,3)19-15-10-9-13(16(17)18)11-14(15)12-7-5-4-6-8-12/h4-11H,1-3H3,(H,17,18). The van der Waals surface area contributed by atoms with Gasteiger partial charge in [-0.2, -0.15) is 0 Å². The largest absolute Gasteiger partial charge is 0.544 e. The summed E-state index contributed by atoms with van der Waals surface area (Å²) >= 11 is 0. The Bertz CT molecular complexity index is 615. The van der Waals surface area contributed by atoms with E-state index in [1.165, 1.54) is 0 Å². The Morgan fingerprint density at radius 2 is 1.70 bits per heavy atom. The number of hydrogen-bond acceptors (Lipinski definition) is 2. The Hall–Kier alpha value is -2.07. The third-order valence-corrected chi connectivity index (χ3v) is 3.56. The molecule has 2 aromatic rings. The summed E-state index contributed by atoms with van der Waals surface area (Å²) in [5, 5.41) is 9.15. The third-order valence-electron chi connectivity index (χ3n) is 2.73. The Morgan fingerprint density at radius 1 is 1.05 bits per heavy atom. The summed E-state index contributed by atoms with van der Waals surface area (Å²) in [5.41, 5.74) is 2.06. The zero-order valence-corrected chi connectivity index (χ0v) is 12.9. The predicted molar refractivity (Wildman–Crippen MR) is 82.8 cm³/mol. The summed E-state index contributed by atoms with van der Waals surface area (Å²) in [5.74, 6) is -0.179. The number of carbonyl (C=O) groups is 1. The maximum atomic E-state index is 11.1. The molecule has 104 valence electrons. The van der Waals surface area contributed by atoms with Gasteiger partial charge in [-0.1, -0.05) is 30.3 Å². The number of benzene rings is 2. The summed E-state index contributed by atoms with van der Waals surface area (Å²) in [6.45, 7) is 6.31. The van der Waals surface area contributed by atoms with Crippen molar-refractivity contribution in [2.75, 3.05) is 0 Å². The van der Waals surface area contributed by atoms with Gasteiger partial charge in [-0.3, -0.25) is 0 Å². The lowest BCUT2D eigenvalue weighted by atomic mass is 10.0. The Morgan fingerprint density at radius 3 is 2.25 bits per heavy atom. The minimum atomic E-state index is -1.75. The molecule has 0 amide bonds. The van der Waals surface area contributed by atoms with E-state index in [2.05, 4.69) is 19.6 Å². The highest BCUT2D eigenvalue weighted by molar-refractivity contribution is 6.70. The van der Waals surface area contributed by atoms with Crippen molar-refractivity contribution in [3.05, 3.63) is 54.1 Å². The summed E-state index contributed by atoms with van der Waals surface area (Å²) in [6.07, 6.45) is 0. The fourth-order valence-electron chi connectivity index (χ4n) is 1.93. The van der Waals surface area contributed by atoms with E-state index in [9.17, 15) is 4.79 Å². The normalized spacial score (nSPS) is 11.2. The fraction of sp³-hybridized carbons (Fsp3) is 0.188. The van der Waals surface area contributed by atoms with Gasteiger partial charge in [0.1, 0.15) is 5.75 Å². The zero-order valence-electron chi connectivity index (χ0n) is 11.9. The Labute approximate surface area is 120 Å². The number of carboxylic acids is 1. The van der Waals surface area contributed by atoms with E-state index in [-0.39, 0.29) is 5.56 Å². The van der Waals surface area contributed by atoms with Gasteiger partial charge in [0.15, 0.2) is 0 Å². The van der Waals surface area contributed by atoms with Gasteiger partial charge in [0.2, 0.25) is 8.32 Å². The van der Waals surface area contributed by atoms with Crippen molar-refractivity contribution in [1.29, 1.82) is 0 Å². The first kappa shape index (κ1) is 14.3. The van der Waals surface area contributed by atoms with E-state index in [4.69, 9.17) is 9.53 Å². The smallest absolute Gasteiger partial charge is 0.335 e. The van der Waals surface area contributed by atoms with Gasteiger partial charge in [-0.15, -0.1) is 0 Å². The molecule has 0 saturated heterocycles. The van der Waals surface area contributed by atoms with Crippen LogP contribution in [-0.4, -0.2) is 19.4 Å². The predicted octanol–water partition coefficient (Wildman–Crippen LogP) is 4.27. The fourth-order valence-corrected chi connectivity index (χ4v) is 2.76. The van der Waals surface area contributed by atoms with E-state index in [0.29, 0.717) is 0 Å². The molecule has 0 unspecified atom stereocenters. The van der Waals surface area contributed by atoms with Gasteiger partial charge in [0.05, 0.1) is 5.56 Å². The third kappa shape index (κ3) is 3.48. The molecule has 0 aromatic heterocycles. The second-order valence-corrected chi connectivity index (χ2v) is 10.0. The van der Waals surface area contributed by atoms with Crippen LogP contribution >= 0.6 is 0 Å². The second kappa shape index (κ2) is 5.51. The summed E-state index contributed by atoms with van der Waals surface area (Å²) in [7, 11) is -1.75. The summed E-state index contributed by atoms with van der Waals surface area (Å²) < 4.78 is 6.07. The number of rotatable bonds is 4. The van der Waals surface area contributed by atoms with Gasteiger partial charge in [0, 0.05) is 5.56 Å². The Balaban J connectivity index is 2.54. The maximum Gasteiger partial charge on any atom is 0.335 e. The lowest BCUT2D eigenvalue weighted by molar-refractivity contribution is 0.0697. The monoisotopic (exact) mass is 286 g/mol. The van der Waals surface area contributed by atoms with Crippen molar-refractivity contribution in [2.24, 2.45) is 0 Å². The van der Waals surface area contributed by atoms with Crippen LogP contribution in [0.5, 0.6) is 5.75 Å². The molecule has 1 N–H and O–H groups in total. The van der Waals surface area contributed by atoms with Crippen molar-refractivity contribution in [1.82, 2.24) is 0 Å². The first-order chi connectivity index (χ1) is 9.37. The van der Waals surface area contributed by atoms with Crippen molar-refractivity contribution >= 4 is 14.3 Å². The van der Waals surface area contributed by atoms with Crippen LogP contribution in [0.1, 0.15) is 10.4 Å². The second-order valence-electron chi connectivity index (χ2n) is 5.60. The van der Waals surface area contributed by atoms with Crippen LogP contribution in [-0.2, 0) is 0 Å². The van der Waals surface area contributed by atoms with Crippen LogP contribution < -0.4 is 4.43 Å². The Kier molecular flexibility index (Phi) is 3.95. The number of hydrogen-bond donors (Lipinski definition) is 1. The van der Waals surface area contributed by atoms with Gasteiger partial charge in [-0.05, 0) is 43.4 Å². The van der Waals surface area contributed by atoms with Gasteiger partial charge >= 0.3 is 5.97 Å². The molecule has 2 aromatic carbocycles. The van der Waals surface area contributed by atoms with E-state index in [1.807, 2.05) is 30.3 Å². The average Bonchev–Trinajstić information content (AvgIpc) is 2.38. The van der Waals surface area contributed by atoms with E-state index in [0.717, 1.165) is 16.9 Å². The minimum absolute atomic E-state index is 0.270. The van der Waals surface area contributed by atoms with Crippen LogP contribution in [0.4, 0.5) is 0 Å². The molecule has 0 spiro atoms. The molecule has 0 aliphatic carbocycles. The molecule has 0 saturated carbocycles. The van der Waals surface area contributed by atoms with Gasteiger partial charge < -0.3 is 9.53 Å². The molecule has 0 bridgehead atoms. The van der Waals surface area contributed by atoms with Crippen molar-refractivity contribution < 1.29 is 14.3 Å². The van der Waals surface area contributed by atoms with Gasteiger partial charge in [-0.25, -0.2) is 4.79 Å². The topological polar surface area (TPSA) is 46.5 Å². The van der Waals surface area contributed by atoms with Crippen LogP contribution in [0.2, 0.25) is 19.6 Å². The summed E-state index contributed by atoms with van der Waals surface area (Å²) in [4.78, 5) is 11.1. The van der Waals surface area contributed by atoms with E-state index < -0.39 is 14.3 Å². The molecular weight excluding hydrogens is 268 g/mol. The van der Waals surface area contributed by atoms with Crippen molar-refractivity contribution in [2.45, 2.75) is 19.6 Å². The quantitative estimate of drug-likeness (QED) is 0.854. The first-order valence-electron chi connectivity index (χ1n) is 6.48. The molecule has 0 aliphatic rings. The van der Waals surface area contributed by atoms with E-state index in [1.54, 1.807) is 18.2 Å². The molecule has 4 heteroatoms. The van der Waals surface area contributed by atoms with Crippen molar-refractivity contribution in [3.8, 4) is 16.9 Å². The average molecular weight is 286 g/mol. The van der Waals surface area contributed by atoms with Crippen LogP contribution in [0, 0.1) is 0 Å². The van der Waals surface area contributed by atoms with Crippen molar-refractivity contribution in [3.63, 3.8) is 0 Å². The van der Waals surface area contributed by atoms with E-state index >= 15 is 0 Å². The minimum Gasteiger partial charge on any atom is -0.544 e. The SMILES string of the molecule is C[Si](C)(C)Oc1ccc(C(=O)O)cc1-c1ccccc1. The number of carboxylic acid groups (broad SMARTS) is 1. The first-order valence-corrected chi connectivity index (χ1v) is 9.89. The molecule has 0 radical (unpaired) electrons. The molecule has 0 fully saturated rings. The molecule has 20 heavy (non-hydrogen) atoms. The summed E-state index contributed by atoms with van der Waals surface area (Å²) in [6, 6.07) is 14.7. The highest BCUT2D eigenvalue weighted by Crippen LogP contribution is 2.32. The maximum absolute atomic E-state index is 11.1. The highest BCUT2D eigenvalue weighted by Gasteiger charge is 2.19. The molecular formula is C16H18O3Si. The van der Waals surface area contributed by atoms with Crippen LogP contribution in [0.25, 0.3) is 11.1 Å². The zero-order chi connectivity index (χ0) is 14.8. The lowest BCUT2D eigenvalue weighted by Crippen LogP contribution is -2.29. The molecule has 3 nitrogen and oxygen atoms in total. The van der Waals surface area contributed by atoms with Crippen LogP contribution in [0.3, 0.4) is 0 Å².